The normalized spacial score (nSPS) is 10.3. The lowest BCUT2D eigenvalue weighted by atomic mass is 10.2. The van der Waals surface area contributed by atoms with Crippen molar-refractivity contribution < 1.29 is 9.21 Å². The predicted octanol–water partition coefficient (Wildman–Crippen LogP) is 2.90. The van der Waals surface area contributed by atoms with Crippen LogP contribution in [0.1, 0.15) is 30.0 Å². The number of ketones is 1. The van der Waals surface area contributed by atoms with Crippen molar-refractivity contribution in [3.63, 3.8) is 0 Å². The Kier molecular flexibility index (Phi) is 3.77. The van der Waals surface area contributed by atoms with Gasteiger partial charge in [-0.3, -0.25) is 4.79 Å². The number of carbonyl (C=O) groups excluding carboxylic acids is 1. The first-order valence-electron chi connectivity index (χ1n) is 5.95. The lowest BCUT2D eigenvalue weighted by Gasteiger charge is -2.20. The Morgan fingerprint density at radius 1 is 1.39 bits per heavy atom. The van der Waals surface area contributed by atoms with Gasteiger partial charge in [0, 0.05) is 18.3 Å². The van der Waals surface area contributed by atoms with Gasteiger partial charge in [-0.2, -0.15) is 0 Å². The van der Waals surface area contributed by atoms with Crippen molar-refractivity contribution in [1.82, 2.24) is 4.98 Å². The molecule has 0 N–H and O–H groups in total. The first-order chi connectivity index (χ1) is 8.70. The third-order valence-corrected chi connectivity index (χ3v) is 2.79. The fourth-order valence-corrected chi connectivity index (χ4v) is 1.73. The number of rotatable bonds is 5. The molecule has 0 saturated carbocycles. The number of pyridine rings is 1. The highest BCUT2D eigenvalue weighted by molar-refractivity contribution is 5.93. The highest BCUT2D eigenvalue weighted by atomic mass is 16.3. The smallest absolute Gasteiger partial charge is 0.161 e. The number of furan rings is 1. The van der Waals surface area contributed by atoms with Crippen LogP contribution < -0.4 is 4.90 Å². The van der Waals surface area contributed by atoms with E-state index in [2.05, 4.69) is 16.8 Å². The molecule has 0 fully saturated rings. The van der Waals surface area contributed by atoms with E-state index in [0.717, 1.165) is 18.1 Å². The van der Waals surface area contributed by atoms with Crippen LogP contribution in [0.2, 0.25) is 0 Å². The average molecular weight is 244 g/mol. The molecule has 0 radical (unpaired) electrons. The van der Waals surface area contributed by atoms with Gasteiger partial charge in [0.25, 0.3) is 0 Å². The molecule has 0 saturated heterocycles. The standard InChI is InChI=1S/C14H16N2O2/c1-3-16(10-13-5-4-8-18-13)14-7-6-12(9-15-14)11(2)17/h4-9H,3,10H2,1-2H3. The van der Waals surface area contributed by atoms with Gasteiger partial charge < -0.3 is 9.32 Å². The second-order valence-corrected chi connectivity index (χ2v) is 4.05. The summed E-state index contributed by atoms with van der Waals surface area (Å²) in [6.07, 6.45) is 3.28. The lowest BCUT2D eigenvalue weighted by molar-refractivity contribution is 0.101. The zero-order valence-electron chi connectivity index (χ0n) is 10.6. The third kappa shape index (κ3) is 2.77. The molecule has 4 heteroatoms. The summed E-state index contributed by atoms with van der Waals surface area (Å²) in [5, 5.41) is 0. The number of Topliss-reactive ketones (excluding diaryl/α,β-unsaturated/α-hetero) is 1. The second-order valence-electron chi connectivity index (χ2n) is 4.05. The lowest BCUT2D eigenvalue weighted by Crippen LogP contribution is -2.22. The van der Waals surface area contributed by atoms with Gasteiger partial charge in [-0.1, -0.05) is 0 Å². The zero-order valence-corrected chi connectivity index (χ0v) is 10.6. The number of hydrogen-bond donors (Lipinski definition) is 0. The van der Waals surface area contributed by atoms with E-state index in [0.29, 0.717) is 12.1 Å². The summed E-state index contributed by atoms with van der Waals surface area (Å²) in [4.78, 5) is 17.6. The van der Waals surface area contributed by atoms with Gasteiger partial charge in [-0.05, 0) is 38.1 Å². The Balaban J connectivity index is 2.14. The van der Waals surface area contributed by atoms with Gasteiger partial charge in [0.2, 0.25) is 0 Å². The van der Waals surface area contributed by atoms with Crippen LogP contribution in [0.4, 0.5) is 5.82 Å². The molecular formula is C14H16N2O2. The minimum Gasteiger partial charge on any atom is -0.467 e. The molecule has 0 bridgehead atoms. The number of anilines is 1. The number of nitrogens with zero attached hydrogens (tertiary/aromatic N) is 2. The Labute approximate surface area is 106 Å². The molecule has 0 aliphatic heterocycles. The van der Waals surface area contributed by atoms with Gasteiger partial charge in [0.1, 0.15) is 11.6 Å². The first-order valence-corrected chi connectivity index (χ1v) is 5.95. The third-order valence-electron chi connectivity index (χ3n) is 2.79. The SMILES string of the molecule is CCN(Cc1ccco1)c1ccc(C(C)=O)cn1. The fraction of sp³-hybridized carbons (Fsp3) is 0.286. The number of carbonyl (C=O) groups is 1. The van der Waals surface area contributed by atoms with Crippen molar-refractivity contribution in [2.24, 2.45) is 0 Å². The van der Waals surface area contributed by atoms with Crippen molar-refractivity contribution in [2.45, 2.75) is 20.4 Å². The quantitative estimate of drug-likeness (QED) is 0.759. The minimum absolute atomic E-state index is 0.0307. The largest absolute Gasteiger partial charge is 0.467 e. The molecule has 0 spiro atoms. The van der Waals surface area contributed by atoms with E-state index in [1.807, 2.05) is 18.2 Å². The maximum Gasteiger partial charge on any atom is 0.161 e. The van der Waals surface area contributed by atoms with Crippen molar-refractivity contribution >= 4 is 11.6 Å². The van der Waals surface area contributed by atoms with Crippen molar-refractivity contribution in [3.8, 4) is 0 Å². The zero-order chi connectivity index (χ0) is 13.0. The topological polar surface area (TPSA) is 46.3 Å². The highest BCUT2D eigenvalue weighted by Gasteiger charge is 2.09. The van der Waals surface area contributed by atoms with Gasteiger partial charge in [-0.15, -0.1) is 0 Å². The molecule has 18 heavy (non-hydrogen) atoms. The maximum absolute atomic E-state index is 11.2. The average Bonchev–Trinajstić information content (AvgIpc) is 2.89. The van der Waals surface area contributed by atoms with Crippen LogP contribution in [0, 0.1) is 0 Å². The predicted molar refractivity (Wildman–Crippen MR) is 69.7 cm³/mol. The molecule has 0 atom stereocenters. The van der Waals surface area contributed by atoms with Crippen LogP contribution >= 0.6 is 0 Å². The molecule has 0 amide bonds. The van der Waals surface area contributed by atoms with Crippen LogP contribution in [0.25, 0.3) is 0 Å². The van der Waals surface area contributed by atoms with E-state index < -0.39 is 0 Å². The van der Waals surface area contributed by atoms with E-state index in [1.165, 1.54) is 6.92 Å². The molecule has 0 aliphatic carbocycles. The van der Waals surface area contributed by atoms with E-state index in [1.54, 1.807) is 18.5 Å². The number of hydrogen-bond acceptors (Lipinski definition) is 4. The van der Waals surface area contributed by atoms with Crippen LogP contribution in [-0.4, -0.2) is 17.3 Å². The van der Waals surface area contributed by atoms with Crippen molar-refractivity contribution in [2.75, 3.05) is 11.4 Å². The van der Waals surface area contributed by atoms with Crippen LogP contribution in [0.5, 0.6) is 0 Å². The summed E-state index contributed by atoms with van der Waals surface area (Å²) in [7, 11) is 0. The molecule has 4 nitrogen and oxygen atoms in total. The maximum atomic E-state index is 11.2. The Morgan fingerprint density at radius 2 is 2.22 bits per heavy atom. The van der Waals surface area contributed by atoms with E-state index in [-0.39, 0.29) is 5.78 Å². The minimum atomic E-state index is 0.0307. The Morgan fingerprint density at radius 3 is 2.72 bits per heavy atom. The highest BCUT2D eigenvalue weighted by Crippen LogP contribution is 2.15. The molecule has 0 unspecified atom stereocenters. The summed E-state index contributed by atoms with van der Waals surface area (Å²) in [6.45, 7) is 5.10. The van der Waals surface area contributed by atoms with Gasteiger partial charge >= 0.3 is 0 Å². The summed E-state index contributed by atoms with van der Waals surface area (Å²) in [6, 6.07) is 7.47. The summed E-state index contributed by atoms with van der Waals surface area (Å²) < 4.78 is 5.33. The Hall–Kier alpha value is -2.10. The molecule has 2 aromatic rings. The monoisotopic (exact) mass is 244 g/mol. The van der Waals surface area contributed by atoms with Crippen LogP contribution in [0.3, 0.4) is 0 Å². The second kappa shape index (κ2) is 5.49. The molecule has 2 heterocycles. The van der Waals surface area contributed by atoms with Crippen LogP contribution in [0.15, 0.2) is 41.1 Å². The summed E-state index contributed by atoms with van der Waals surface area (Å²) in [5.41, 5.74) is 0.632. The molecule has 2 aromatic heterocycles. The molecule has 0 aliphatic rings. The number of aromatic nitrogens is 1. The first kappa shape index (κ1) is 12.4. The molecule has 0 aromatic carbocycles. The van der Waals surface area contributed by atoms with Crippen molar-refractivity contribution in [1.29, 1.82) is 0 Å². The summed E-state index contributed by atoms with van der Waals surface area (Å²) in [5.74, 6) is 1.77. The molecule has 94 valence electrons. The van der Waals surface area contributed by atoms with Gasteiger partial charge in [0.15, 0.2) is 5.78 Å². The molecular weight excluding hydrogens is 228 g/mol. The van der Waals surface area contributed by atoms with Crippen molar-refractivity contribution in [3.05, 3.63) is 48.0 Å². The fourth-order valence-electron chi connectivity index (χ4n) is 1.73. The molecule has 2 rings (SSSR count). The summed E-state index contributed by atoms with van der Waals surface area (Å²) >= 11 is 0. The van der Waals surface area contributed by atoms with E-state index in [4.69, 9.17) is 4.42 Å². The van der Waals surface area contributed by atoms with Gasteiger partial charge in [0.05, 0.1) is 12.8 Å². The van der Waals surface area contributed by atoms with E-state index in [9.17, 15) is 4.79 Å². The van der Waals surface area contributed by atoms with E-state index >= 15 is 0 Å². The Bertz CT molecular complexity index is 503. The van der Waals surface area contributed by atoms with Gasteiger partial charge in [-0.25, -0.2) is 4.98 Å². The van der Waals surface area contributed by atoms with Crippen LogP contribution in [-0.2, 0) is 6.54 Å².